The number of ether oxygens (including phenoxy) is 2. The molecule has 0 amide bonds. The molecule has 2 rings (SSSR count). The summed E-state index contributed by atoms with van der Waals surface area (Å²) in [5, 5.41) is 1.25. The molecule has 0 aliphatic rings. The molecule has 0 aliphatic heterocycles. The van der Waals surface area contributed by atoms with Crippen LogP contribution in [-0.2, 0) is 11.2 Å². The van der Waals surface area contributed by atoms with Gasteiger partial charge < -0.3 is 9.47 Å². The number of benzene rings is 1. The topological polar surface area (TPSA) is 44.2 Å². The fourth-order valence-electron chi connectivity index (χ4n) is 1.36. The first-order valence-electron chi connectivity index (χ1n) is 5.44. The highest BCUT2D eigenvalue weighted by Crippen LogP contribution is 2.26. The van der Waals surface area contributed by atoms with Gasteiger partial charge in [-0.25, -0.2) is 0 Å². The van der Waals surface area contributed by atoms with Gasteiger partial charge in [-0.2, -0.15) is 9.36 Å². The van der Waals surface area contributed by atoms with Crippen molar-refractivity contribution < 1.29 is 9.47 Å². The summed E-state index contributed by atoms with van der Waals surface area (Å²) >= 11 is 7.18. The molecule has 1 aromatic heterocycles. The van der Waals surface area contributed by atoms with Gasteiger partial charge in [0.15, 0.2) is 0 Å². The zero-order valence-electron chi connectivity index (χ0n) is 10.1. The molecule has 6 heteroatoms. The van der Waals surface area contributed by atoms with E-state index >= 15 is 0 Å². The Hall–Kier alpha value is -1.17. The third-order valence-corrected chi connectivity index (χ3v) is 3.37. The van der Waals surface area contributed by atoms with Crippen LogP contribution in [0, 0.1) is 6.92 Å². The summed E-state index contributed by atoms with van der Waals surface area (Å²) < 4.78 is 14.8. The van der Waals surface area contributed by atoms with Gasteiger partial charge in [-0.1, -0.05) is 11.6 Å². The second kappa shape index (κ2) is 6.13. The molecule has 0 saturated heterocycles. The Morgan fingerprint density at radius 2 is 2.22 bits per heavy atom. The van der Waals surface area contributed by atoms with Crippen LogP contribution < -0.4 is 4.74 Å². The van der Waals surface area contributed by atoms with Crippen molar-refractivity contribution in [2.45, 2.75) is 13.3 Å². The third kappa shape index (κ3) is 3.41. The summed E-state index contributed by atoms with van der Waals surface area (Å²) in [5.74, 6) is 1.45. The first-order chi connectivity index (χ1) is 8.69. The maximum atomic E-state index is 5.95. The minimum Gasteiger partial charge on any atom is -0.430 e. The molecule has 0 bridgehead atoms. The number of halogens is 1. The fourth-order valence-corrected chi connectivity index (χ4v) is 2.07. The first kappa shape index (κ1) is 13.3. The van der Waals surface area contributed by atoms with E-state index in [1.54, 1.807) is 13.2 Å². The van der Waals surface area contributed by atoms with E-state index in [1.165, 1.54) is 11.5 Å². The van der Waals surface area contributed by atoms with Crippen molar-refractivity contribution in [1.82, 2.24) is 9.36 Å². The van der Waals surface area contributed by atoms with E-state index in [4.69, 9.17) is 21.1 Å². The molecule has 0 fully saturated rings. The third-order valence-electron chi connectivity index (χ3n) is 2.31. The lowest BCUT2D eigenvalue weighted by atomic mass is 10.2. The average molecular weight is 285 g/mol. The van der Waals surface area contributed by atoms with Gasteiger partial charge in [0.2, 0.25) is 0 Å². The van der Waals surface area contributed by atoms with E-state index in [0.29, 0.717) is 24.0 Å². The predicted molar refractivity (Wildman–Crippen MR) is 71.8 cm³/mol. The number of methoxy groups -OCH3 is 1. The second-order valence-electron chi connectivity index (χ2n) is 3.73. The smallest absolute Gasteiger partial charge is 0.298 e. The van der Waals surface area contributed by atoms with Crippen molar-refractivity contribution in [3.63, 3.8) is 0 Å². The molecule has 0 N–H and O–H groups in total. The summed E-state index contributed by atoms with van der Waals surface area (Å²) in [6.07, 6.45) is 0.690. The molecule has 0 unspecified atom stereocenters. The molecule has 4 nitrogen and oxygen atoms in total. The highest BCUT2D eigenvalue weighted by atomic mass is 35.5. The number of hydrogen-bond acceptors (Lipinski definition) is 5. The van der Waals surface area contributed by atoms with Crippen LogP contribution in [0.1, 0.15) is 11.4 Å². The minimum atomic E-state index is 0.530. The number of nitrogens with zero attached hydrogens (tertiary/aromatic N) is 2. The Bertz CT molecular complexity index is 531. The zero-order chi connectivity index (χ0) is 13.0. The van der Waals surface area contributed by atoms with Crippen molar-refractivity contribution in [2.75, 3.05) is 13.7 Å². The maximum absolute atomic E-state index is 5.95. The number of aryl methyl sites for hydroxylation is 1. The quantitative estimate of drug-likeness (QED) is 0.843. The number of rotatable bonds is 5. The van der Waals surface area contributed by atoms with Gasteiger partial charge in [0.05, 0.1) is 6.61 Å². The van der Waals surface area contributed by atoms with E-state index in [0.717, 1.165) is 16.4 Å². The van der Waals surface area contributed by atoms with Gasteiger partial charge in [0.1, 0.15) is 11.6 Å². The van der Waals surface area contributed by atoms with E-state index in [-0.39, 0.29) is 0 Å². The molecule has 0 radical (unpaired) electrons. The van der Waals surface area contributed by atoms with Crippen LogP contribution in [0.2, 0.25) is 5.02 Å². The molecule has 96 valence electrons. The minimum absolute atomic E-state index is 0.530. The Labute approximate surface area is 115 Å². The van der Waals surface area contributed by atoms with Crippen LogP contribution in [0.5, 0.6) is 10.9 Å². The normalized spacial score (nSPS) is 10.6. The summed E-state index contributed by atoms with van der Waals surface area (Å²) in [5.41, 5.74) is 0.971. The Kier molecular flexibility index (Phi) is 4.52. The summed E-state index contributed by atoms with van der Waals surface area (Å²) in [6, 6.07) is 5.49. The van der Waals surface area contributed by atoms with Crippen LogP contribution in [0.4, 0.5) is 0 Å². The van der Waals surface area contributed by atoms with Gasteiger partial charge in [0.25, 0.3) is 5.19 Å². The molecular weight excluding hydrogens is 272 g/mol. The van der Waals surface area contributed by atoms with Crippen molar-refractivity contribution in [3.8, 4) is 10.9 Å². The SMILES string of the molecule is COCCc1nsc(Oc2ccc(Cl)c(C)c2)n1. The zero-order valence-corrected chi connectivity index (χ0v) is 11.7. The summed E-state index contributed by atoms with van der Waals surface area (Å²) in [6.45, 7) is 2.54. The molecule has 0 atom stereocenters. The first-order valence-corrected chi connectivity index (χ1v) is 6.59. The van der Waals surface area contributed by atoms with Crippen LogP contribution in [0.3, 0.4) is 0 Å². The van der Waals surface area contributed by atoms with Crippen LogP contribution in [-0.4, -0.2) is 23.1 Å². The van der Waals surface area contributed by atoms with Gasteiger partial charge in [-0.3, -0.25) is 0 Å². The average Bonchev–Trinajstić information content (AvgIpc) is 2.79. The lowest BCUT2D eigenvalue weighted by Gasteiger charge is -2.03. The Morgan fingerprint density at radius 3 is 2.94 bits per heavy atom. The monoisotopic (exact) mass is 284 g/mol. The summed E-state index contributed by atoms with van der Waals surface area (Å²) in [4.78, 5) is 4.27. The molecular formula is C12H13ClN2O2S. The Balaban J connectivity index is 2.04. The van der Waals surface area contributed by atoms with E-state index in [1.807, 2.05) is 19.1 Å². The van der Waals surface area contributed by atoms with Gasteiger partial charge in [-0.05, 0) is 30.7 Å². The standard InChI is InChI=1S/C12H13ClN2O2S/c1-8-7-9(3-4-10(8)13)17-12-14-11(15-18-12)5-6-16-2/h3-4,7H,5-6H2,1-2H3. The molecule has 0 spiro atoms. The highest BCUT2D eigenvalue weighted by Gasteiger charge is 2.07. The molecule has 1 heterocycles. The van der Waals surface area contributed by atoms with Crippen LogP contribution >= 0.6 is 23.1 Å². The lowest BCUT2D eigenvalue weighted by molar-refractivity contribution is 0.200. The van der Waals surface area contributed by atoms with E-state index in [2.05, 4.69) is 9.36 Å². The van der Waals surface area contributed by atoms with E-state index < -0.39 is 0 Å². The van der Waals surface area contributed by atoms with Crippen molar-refractivity contribution >= 4 is 23.1 Å². The van der Waals surface area contributed by atoms with Crippen molar-refractivity contribution in [3.05, 3.63) is 34.6 Å². The second-order valence-corrected chi connectivity index (χ2v) is 4.85. The molecule has 1 aromatic carbocycles. The lowest BCUT2D eigenvalue weighted by Crippen LogP contribution is -1.96. The molecule has 2 aromatic rings. The van der Waals surface area contributed by atoms with Crippen molar-refractivity contribution in [2.24, 2.45) is 0 Å². The molecule has 0 saturated carbocycles. The van der Waals surface area contributed by atoms with Gasteiger partial charge >= 0.3 is 0 Å². The molecule has 18 heavy (non-hydrogen) atoms. The van der Waals surface area contributed by atoms with Gasteiger partial charge in [0, 0.05) is 30.1 Å². The van der Waals surface area contributed by atoms with Crippen molar-refractivity contribution in [1.29, 1.82) is 0 Å². The predicted octanol–water partition coefficient (Wildman–Crippen LogP) is 3.48. The fraction of sp³-hybridized carbons (Fsp3) is 0.333. The largest absolute Gasteiger partial charge is 0.430 e. The number of aromatic nitrogens is 2. The number of hydrogen-bond donors (Lipinski definition) is 0. The van der Waals surface area contributed by atoms with Crippen LogP contribution in [0.15, 0.2) is 18.2 Å². The maximum Gasteiger partial charge on any atom is 0.298 e. The summed E-state index contributed by atoms with van der Waals surface area (Å²) in [7, 11) is 1.65. The van der Waals surface area contributed by atoms with E-state index in [9.17, 15) is 0 Å². The van der Waals surface area contributed by atoms with Gasteiger partial charge in [-0.15, -0.1) is 0 Å². The Morgan fingerprint density at radius 1 is 1.39 bits per heavy atom. The van der Waals surface area contributed by atoms with Crippen LogP contribution in [0.25, 0.3) is 0 Å². The molecule has 0 aliphatic carbocycles. The highest BCUT2D eigenvalue weighted by molar-refractivity contribution is 7.07.